The van der Waals surface area contributed by atoms with Crippen LogP contribution in [0.2, 0.25) is 0 Å². The monoisotopic (exact) mass is 275 g/mol. The highest BCUT2D eigenvalue weighted by Crippen LogP contribution is 2.19. The minimum atomic E-state index is 0.0453. The molecule has 1 aliphatic rings. The molecule has 20 heavy (non-hydrogen) atoms. The second-order valence-electron chi connectivity index (χ2n) is 5.32. The molecule has 1 amide bonds. The van der Waals surface area contributed by atoms with Gasteiger partial charge in [0.15, 0.2) is 0 Å². The van der Waals surface area contributed by atoms with Gasteiger partial charge < -0.3 is 10.6 Å². The van der Waals surface area contributed by atoms with E-state index >= 15 is 0 Å². The molecule has 2 N–H and O–H groups in total. The first-order valence-electron chi connectivity index (χ1n) is 7.56. The number of nitrogens with zero attached hydrogens (tertiary/aromatic N) is 1. The molecule has 0 bridgehead atoms. The van der Waals surface area contributed by atoms with E-state index in [0.29, 0.717) is 12.6 Å². The van der Waals surface area contributed by atoms with Crippen LogP contribution in [0, 0.1) is 0 Å². The molecule has 0 spiro atoms. The molecule has 1 aromatic rings. The Morgan fingerprint density at radius 2 is 1.95 bits per heavy atom. The molecule has 0 heterocycles. The van der Waals surface area contributed by atoms with Crippen LogP contribution in [0.15, 0.2) is 24.3 Å². The Balaban J connectivity index is 1.93. The summed E-state index contributed by atoms with van der Waals surface area (Å²) in [5, 5.41) is 6.26. The number of hydrogen-bond acceptors (Lipinski definition) is 3. The molecule has 4 nitrogen and oxygen atoms in total. The fraction of sp³-hybridized carbons (Fsp3) is 0.562. The average Bonchev–Trinajstić information content (AvgIpc) is 3.28. The molecule has 4 heteroatoms. The fourth-order valence-electron chi connectivity index (χ4n) is 2.19. The Morgan fingerprint density at radius 3 is 2.60 bits per heavy atom. The number of carbonyl (C=O) groups excluding carboxylic acids is 1. The Morgan fingerprint density at radius 1 is 1.25 bits per heavy atom. The van der Waals surface area contributed by atoms with Gasteiger partial charge in [-0.25, -0.2) is 0 Å². The lowest BCUT2D eigenvalue weighted by Crippen LogP contribution is -2.30. The van der Waals surface area contributed by atoms with Gasteiger partial charge in [-0.2, -0.15) is 0 Å². The van der Waals surface area contributed by atoms with Gasteiger partial charge in [-0.15, -0.1) is 0 Å². The van der Waals surface area contributed by atoms with E-state index < -0.39 is 0 Å². The molecular weight excluding hydrogens is 250 g/mol. The van der Waals surface area contributed by atoms with Gasteiger partial charge in [0.2, 0.25) is 5.91 Å². The number of rotatable bonds is 8. The van der Waals surface area contributed by atoms with Crippen LogP contribution < -0.4 is 10.6 Å². The molecule has 0 radical (unpaired) electrons. The summed E-state index contributed by atoms with van der Waals surface area (Å²) < 4.78 is 0. The lowest BCUT2D eigenvalue weighted by atomic mass is 10.1. The van der Waals surface area contributed by atoms with Gasteiger partial charge in [-0.1, -0.05) is 32.0 Å². The Kier molecular flexibility index (Phi) is 5.56. The van der Waals surface area contributed by atoms with Crippen molar-refractivity contribution in [3.63, 3.8) is 0 Å². The first-order valence-corrected chi connectivity index (χ1v) is 7.56. The topological polar surface area (TPSA) is 44.4 Å². The maximum Gasteiger partial charge on any atom is 0.238 e. The Hall–Kier alpha value is -1.39. The van der Waals surface area contributed by atoms with Crippen LogP contribution in [0.25, 0.3) is 0 Å². The highest BCUT2D eigenvalue weighted by Gasteiger charge is 2.21. The van der Waals surface area contributed by atoms with Crippen LogP contribution in [0.1, 0.15) is 32.3 Å². The summed E-state index contributed by atoms with van der Waals surface area (Å²) in [7, 11) is 0. The molecule has 2 rings (SSSR count). The number of nitrogens with one attached hydrogen (secondary N) is 2. The van der Waals surface area contributed by atoms with E-state index in [1.807, 2.05) is 18.2 Å². The number of para-hydroxylation sites is 1. The number of benzene rings is 1. The average molecular weight is 275 g/mol. The van der Waals surface area contributed by atoms with Gasteiger partial charge in [0, 0.05) is 18.3 Å². The van der Waals surface area contributed by atoms with Gasteiger partial charge in [-0.3, -0.25) is 9.69 Å². The maximum absolute atomic E-state index is 11.9. The van der Waals surface area contributed by atoms with Crippen molar-refractivity contribution in [3.8, 4) is 0 Å². The van der Waals surface area contributed by atoms with E-state index in [1.54, 1.807) is 0 Å². The summed E-state index contributed by atoms with van der Waals surface area (Å²) in [5.74, 6) is 0.0453. The first-order chi connectivity index (χ1) is 9.72. The third-order valence-electron chi connectivity index (χ3n) is 3.71. The van der Waals surface area contributed by atoms with E-state index in [-0.39, 0.29) is 5.91 Å². The predicted molar refractivity (Wildman–Crippen MR) is 82.7 cm³/mol. The lowest BCUT2D eigenvalue weighted by Gasteiger charge is -2.20. The molecule has 0 saturated heterocycles. The van der Waals surface area contributed by atoms with Crippen molar-refractivity contribution in [1.29, 1.82) is 0 Å². The largest absolute Gasteiger partial charge is 0.325 e. The van der Waals surface area contributed by atoms with Gasteiger partial charge >= 0.3 is 0 Å². The van der Waals surface area contributed by atoms with Crippen molar-refractivity contribution in [1.82, 2.24) is 10.2 Å². The van der Waals surface area contributed by atoms with E-state index in [4.69, 9.17) is 0 Å². The van der Waals surface area contributed by atoms with Crippen LogP contribution >= 0.6 is 0 Å². The number of carbonyl (C=O) groups is 1. The van der Waals surface area contributed by atoms with Gasteiger partial charge in [0.05, 0.1) is 6.54 Å². The zero-order chi connectivity index (χ0) is 14.4. The molecule has 0 aliphatic heterocycles. The van der Waals surface area contributed by atoms with Crippen molar-refractivity contribution >= 4 is 11.6 Å². The maximum atomic E-state index is 11.9. The third-order valence-corrected chi connectivity index (χ3v) is 3.71. The Bertz CT molecular complexity index is 439. The SMILES string of the molecule is CCN(CC)Cc1ccccc1NC(=O)CNC1CC1. The van der Waals surface area contributed by atoms with E-state index in [9.17, 15) is 4.79 Å². The summed E-state index contributed by atoms with van der Waals surface area (Å²) >= 11 is 0. The third kappa shape index (κ3) is 4.62. The van der Waals surface area contributed by atoms with E-state index in [1.165, 1.54) is 18.4 Å². The molecule has 0 aromatic heterocycles. The molecule has 110 valence electrons. The normalized spacial score (nSPS) is 14.6. The van der Waals surface area contributed by atoms with Crippen LogP contribution in [0.4, 0.5) is 5.69 Å². The van der Waals surface area contributed by atoms with Crippen molar-refractivity contribution in [2.75, 3.05) is 25.0 Å². The minimum Gasteiger partial charge on any atom is -0.325 e. The van der Waals surface area contributed by atoms with Crippen molar-refractivity contribution in [3.05, 3.63) is 29.8 Å². The van der Waals surface area contributed by atoms with Crippen LogP contribution in [0.3, 0.4) is 0 Å². The minimum absolute atomic E-state index is 0.0453. The summed E-state index contributed by atoms with van der Waals surface area (Å²) in [6, 6.07) is 8.62. The van der Waals surface area contributed by atoms with Crippen LogP contribution in [-0.2, 0) is 11.3 Å². The van der Waals surface area contributed by atoms with Crippen molar-refractivity contribution in [2.45, 2.75) is 39.3 Å². The standard InChI is InChI=1S/C16H25N3O/c1-3-19(4-2)12-13-7-5-6-8-15(13)18-16(20)11-17-14-9-10-14/h5-8,14,17H,3-4,9-12H2,1-2H3,(H,18,20). The van der Waals surface area contributed by atoms with Crippen LogP contribution in [-0.4, -0.2) is 36.5 Å². The smallest absolute Gasteiger partial charge is 0.238 e. The number of amides is 1. The molecule has 0 unspecified atom stereocenters. The summed E-state index contributed by atoms with van der Waals surface area (Å²) in [6.07, 6.45) is 2.40. The molecule has 1 saturated carbocycles. The molecule has 1 fully saturated rings. The molecule has 1 aromatic carbocycles. The zero-order valence-electron chi connectivity index (χ0n) is 12.5. The highest BCUT2D eigenvalue weighted by atomic mass is 16.1. The quantitative estimate of drug-likeness (QED) is 0.764. The first kappa shape index (κ1) is 15.0. The summed E-state index contributed by atoms with van der Waals surface area (Å²) in [5.41, 5.74) is 2.11. The highest BCUT2D eigenvalue weighted by molar-refractivity contribution is 5.93. The van der Waals surface area contributed by atoms with Gasteiger partial charge in [0.25, 0.3) is 0 Å². The Labute approximate surface area is 121 Å². The molecular formula is C16H25N3O. The second kappa shape index (κ2) is 7.41. The fourth-order valence-corrected chi connectivity index (χ4v) is 2.19. The summed E-state index contributed by atoms with van der Waals surface area (Å²) in [6.45, 7) is 7.63. The van der Waals surface area contributed by atoms with Crippen molar-refractivity contribution in [2.24, 2.45) is 0 Å². The van der Waals surface area contributed by atoms with Gasteiger partial charge in [0.1, 0.15) is 0 Å². The predicted octanol–water partition coefficient (Wildman–Crippen LogP) is 2.22. The van der Waals surface area contributed by atoms with E-state index in [0.717, 1.165) is 25.3 Å². The van der Waals surface area contributed by atoms with Crippen LogP contribution in [0.5, 0.6) is 0 Å². The number of hydrogen-bond donors (Lipinski definition) is 2. The van der Waals surface area contributed by atoms with E-state index in [2.05, 4.69) is 35.4 Å². The van der Waals surface area contributed by atoms with Crippen molar-refractivity contribution < 1.29 is 4.79 Å². The molecule has 0 atom stereocenters. The number of anilines is 1. The summed E-state index contributed by atoms with van der Waals surface area (Å²) in [4.78, 5) is 14.3. The molecule has 1 aliphatic carbocycles. The second-order valence-corrected chi connectivity index (χ2v) is 5.32. The lowest BCUT2D eigenvalue weighted by molar-refractivity contribution is -0.115. The van der Waals surface area contributed by atoms with Gasteiger partial charge in [-0.05, 0) is 37.6 Å². The zero-order valence-corrected chi connectivity index (χ0v) is 12.5.